The standard InChI is InChI=1S/C20H25N3O4S2/c1-3-22(14-19(24)21-13-17-7-5-11-28-17)20(25)16-8-9-18-15(12-16)6-4-10-23(18)29(2,26)27/h5,7-9,11-12H,3-4,6,10,13-14H2,1-2H3,(H,21,24). The minimum Gasteiger partial charge on any atom is -0.350 e. The molecular weight excluding hydrogens is 410 g/mol. The van der Waals surface area contributed by atoms with Gasteiger partial charge in [0.2, 0.25) is 15.9 Å². The van der Waals surface area contributed by atoms with Crippen LogP contribution in [-0.4, -0.2) is 51.0 Å². The molecule has 1 aliphatic heterocycles. The van der Waals surface area contributed by atoms with Crippen molar-refractivity contribution in [3.05, 3.63) is 51.7 Å². The number of carbonyl (C=O) groups is 2. The zero-order chi connectivity index (χ0) is 21.0. The molecule has 156 valence electrons. The van der Waals surface area contributed by atoms with Crippen LogP contribution >= 0.6 is 11.3 Å². The lowest BCUT2D eigenvalue weighted by molar-refractivity contribution is -0.121. The lowest BCUT2D eigenvalue weighted by Crippen LogP contribution is -2.40. The van der Waals surface area contributed by atoms with Crippen molar-refractivity contribution >= 4 is 38.9 Å². The highest BCUT2D eigenvalue weighted by Gasteiger charge is 2.25. The molecule has 9 heteroatoms. The molecule has 29 heavy (non-hydrogen) atoms. The quantitative estimate of drug-likeness (QED) is 0.723. The van der Waals surface area contributed by atoms with Crippen LogP contribution in [0.25, 0.3) is 0 Å². The number of likely N-dealkylation sites (N-methyl/N-ethyl adjacent to an activating group) is 1. The maximum absolute atomic E-state index is 12.9. The molecule has 1 N–H and O–H groups in total. The van der Waals surface area contributed by atoms with Gasteiger partial charge in [0.15, 0.2) is 0 Å². The molecule has 1 aromatic carbocycles. The fraction of sp³-hybridized carbons (Fsp3) is 0.400. The van der Waals surface area contributed by atoms with E-state index in [0.717, 1.165) is 16.9 Å². The molecule has 0 atom stereocenters. The van der Waals surface area contributed by atoms with Gasteiger partial charge in [0.25, 0.3) is 5.91 Å². The largest absolute Gasteiger partial charge is 0.350 e. The molecule has 7 nitrogen and oxygen atoms in total. The highest BCUT2D eigenvalue weighted by Crippen LogP contribution is 2.30. The molecule has 0 saturated heterocycles. The van der Waals surface area contributed by atoms with Gasteiger partial charge >= 0.3 is 0 Å². The minimum atomic E-state index is -3.35. The van der Waals surface area contributed by atoms with Crippen LogP contribution in [0.2, 0.25) is 0 Å². The number of hydrogen-bond acceptors (Lipinski definition) is 5. The first-order chi connectivity index (χ1) is 13.8. The topological polar surface area (TPSA) is 86.8 Å². The summed E-state index contributed by atoms with van der Waals surface area (Å²) >= 11 is 1.57. The Morgan fingerprint density at radius 3 is 2.72 bits per heavy atom. The molecule has 0 aliphatic carbocycles. The predicted molar refractivity (Wildman–Crippen MR) is 115 cm³/mol. The second-order valence-electron chi connectivity index (χ2n) is 6.96. The van der Waals surface area contributed by atoms with Gasteiger partial charge in [0.1, 0.15) is 0 Å². The Morgan fingerprint density at radius 1 is 1.28 bits per heavy atom. The fourth-order valence-corrected chi connectivity index (χ4v) is 5.02. The molecule has 2 heterocycles. The minimum absolute atomic E-state index is 0.0206. The van der Waals surface area contributed by atoms with Crippen LogP contribution in [0.15, 0.2) is 35.7 Å². The van der Waals surface area contributed by atoms with Crippen LogP contribution < -0.4 is 9.62 Å². The Bertz CT molecular complexity index is 987. The molecule has 2 amide bonds. The molecule has 1 aliphatic rings. The summed E-state index contributed by atoms with van der Waals surface area (Å²) in [5, 5.41) is 4.78. The molecule has 0 unspecified atom stereocenters. The van der Waals surface area contributed by atoms with E-state index in [1.165, 1.54) is 15.5 Å². The van der Waals surface area contributed by atoms with E-state index >= 15 is 0 Å². The van der Waals surface area contributed by atoms with E-state index in [1.807, 2.05) is 24.4 Å². The van der Waals surface area contributed by atoms with E-state index < -0.39 is 10.0 Å². The Hall–Kier alpha value is -2.39. The van der Waals surface area contributed by atoms with E-state index in [1.54, 1.807) is 29.5 Å². The molecule has 2 aromatic rings. The second kappa shape index (κ2) is 8.96. The number of nitrogens with one attached hydrogen (secondary N) is 1. The summed E-state index contributed by atoms with van der Waals surface area (Å²) in [6, 6.07) is 8.95. The number of anilines is 1. The number of aryl methyl sites for hydroxylation is 1. The summed E-state index contributed by atoms with van der Waals surface area (Å²) in [6.07, 6.45) is 2.62. The van der Waals surface area contributed by atoms with Gasteiger partial charge in [0.05, 0.1) is 25.0 Å². The maximum Gasteiger partial charge on any atom is 0.254 e. The van der Waals surface area contributed by atoms with Gasteiger partial charge in [-0.2, -0.15) is 0 Å². The molecule has 0 bridgehead atoms. The normalized spacial score (nSPS) is 13.7. The lowest BCUT2D eigenvalue weighted by Gasteiger charge is -2.30. The van der Waals surface area contributed by atoms with Gasteiger partial charge in [-0.25, -0.2) is 8.42 Å². The summed E-state index contributed by atoms with van der Waals surface area (Å²) in [6.45, 7) is 3.10. The summed E-state index contributed by atoms with van der Waals surface area (Å²) in [7, 11) is -3.35. The Labute approximate surface area is 175 Å². The molecule has 0 spiro atoms. The van der Waals surface area contributed by atoms with Gasteiger partial charge in [-0.3, -0.25) is 13.9 Å². The van der Waals surface area contributed by atoms with Crippen molar-refractivity contribution in [2.24, 2.45) is 0 Å². The van der Waals surface area contributed by atoms with Crippen LogP contribution in [0.3, 0.4) is 0 Å². The summed E-state index contributed by atoms with van der Waals surface area (Å²) in [5.41, 5.74) is 1.93. The van der Waals surface area contributed by atoms with Gasteiger partial charge in [-0.05, 0) is 55.0 Å². The van der Waals surface area contributed by atoms with Gasteiger partial charge in [-0.1, -0.05) is 6.07 Å². The second-order valence-corrected chi connectivity index (χ2v) is 9.90. The molecular formula is C20H25N3O4S2. The van der Waals surface area contributed by atoms with Crippen molar-refractivity contribution in [3.63, 3.8) is 0 Å². The van der Waals surface area contributed by atoms with Gasteiger partial charge < -0.3 is 10.2 Å². The third-order valence-corrected chi connectivity index (χ3v) is 6.90. The summed E-state index contributed by atoms with van der Waals surface area (Å²) in [5.74, 6) is -0.451. The van der Waals surface area contributed by atoms with E-state index in [9.17, 15) is 18.0 Å². The summed E-state index contributed by atoms with van der Waals surface area (Å²) in [4.78, 5) is 27.7. The number of nitrogens with zero attached hydrogens (tertiary/aromatic N) is 2. The SMILES string of the molecule is CCN(CC(=O)NCc1cccs1)C(=O)c1ccc2c(c1)CCCN2S(C)(=O)=O. The number of thiophene rings is 1. The molecule has 3 rings (SSSR count). The first-order valence-electron chi connectivity index (χ1n) is 9.48. The first kappa shape index (κ1) is 21.3. The van der Waals surface area contributed by atoms with Crippen molar-refractivity contribution in [2.45, 2.75) is 26.3 Å². The highest BCUT2D eigenvalue weighted by molar-refractivity contribution is 7.92. The van der Waals surface area contributed by atoms with Crippen LogP contribution in [0.1, 0.15) is 34.1 Å². The lowest BCUT2D eigenvalue weighted by atomic mass is 10.00. The average molecular weight is 436 g/mol. The Morgan fingerprint density at radius 2 is 2.07 bits per heavy atom. The van der Waals surface area contributed by atoms with E-state index in [4.69, 9.17) is 0 Å². The number of fused-ring (bicyclic) bond motifs is 1. The molecule has 1 aromatic heterocycles. The smallest absolute Gasteiger partial charge is 0.254 e. The first-order valence-corrected chi connectivity index (χ1v) is 12.2. The monoisotopic (exact) mass is 435 g/mol. The van der Waals surface area contributed by atoms with Crippen LogP contribution in [0.5, 0.6) is 0 Å². The number of benzene rings is 1. The third-order valence-electron chi connectivity index (χ3n) is 4.85. The van der Waals surface area contributed by atoms with Crippen molar-refractivity contribution in [1.29, 1.82) is 0 Å². The van der Waals surface area contributed by atoms with Crippen molar-refractivity contribution < 1.29 is 18.0 Å². The van der Waals surface area contributed by atoms with Gasteiger partial charge in [-0.15, -0.1) is 11.3 Å². The van der Waals surface area contributed by atoms with Gasteiger partial charge in [0, 0.05) is 23.5 Å². The number of hydrogen-bond donors (Lipinski definition) is 1. The fourth-order valence-electron chi connectivity index (χ4n) is 3.38. The highest BCUT2D eigenvalue weighted by atomic mass is 32.2. The Balaban J connectivity index is 1.70. The average Bonchev–Trinajstić information content (AvgIpc) is 3.22. The van der Waals surface area contributed by atoms with Crippen molar-refractivity contribution in [1.82, 2.24) is 10.2 Å². The number of rotatable bonds is 7. The number of sulfonamides is 1. The molecule has 0 radical (unpaired) electrons. The number of amides is 2. The zero-order valence-electron chi connectivity index (χ0n) is 16.6. The molecule has 0 saturated carbocycles. The molecule has 0 fully saturated rings. The zero-order valence-corrected chi connectivity index (χ0v) is 18.2. The summed E-state index contributed by atoms with van der Waals surface area (Å²) < 4.78 is 25.4. The van der Waals surface area contributed by atoms with E-state index in [2.05, 4.69) is 5.32 Å². The van der Waals surface area contributed by atoms with E-state index in [-0.39, 0.29) is 18.4 Å². The third kappa shape index (κ3) is 5.16. The Kier molecular flexibility index (Phi) is 6.59. The number of carbonyl (C=O) groups excluding carboxylic acids is 2. The van der Waals surface area contributed by atoms with Crippen molar-refractivity contribution in [2.75, 3.05) is 30.2 Å². The van der Waals surface area contributed by atoms with Crippen molar-refractivity contribution in [3.8, 4) is 0 Å². The van der Waals surface area contributed by atoms with Crippen LogP contribution in [0, 0.1) is 0 Å². The maximum atomic E-state index is 12.9. The van der Waals surface area contributed by atoms with Crippen LogP contribution in [0.4, 0.5) is 5.69 Å². The van der Waals surface area contributed by atoms with Crippen LogP contribution in [-0.2, 0) is 27.8 Å². The van der Waals surface area contributed by atoms with E-state index in [0.29, 0.717) is 37.3 Å². The predicted octanol–water partition coefficient (Wildman–Crippen LogP) is 2.24.